The van der Waals surface area contributed by atoms with E-state index >= 15 is 0 Å². The summed E-state index contributed by atoms with van der Waals surface area (Å²) in [5.74, 6) is -1.31. The van der Waals surface area contributed by atoms with Gasteiger partial charge in [0.05, 0.1) is 16.6 Å². The fraction of sp³-hybridized carbons (Fsp3) is 0.462. The molecular formula is C13H18N2O5S. The molecule has 1 aliphatic rings. The van der Waals surface area contributed by atoms with Crippen LogP contribution in [0.5, 0.6) is 0 Å². The number of nitrogens with two attached hydrogens (primary N) is 1. The first kappa shape index (κ1) is 15.7. The molecule has 2 atom stereocenters. The molecule has 0 heterocycles. The molecule has 2 unspecified atom stereocenters. The maximum absolute atomic E-state index is 12.4. The molecule has 8 heteroatoms. The Kier molecular flexibility index (Phi) is 4.50. The van der Waals surface area contributed by atoms with Gasteiger partial charge in [0.25, 0.3) is 0 Å². The number of rotatable bonds is 5. The van der Waals surface area contributed by atoms with E-state index in [2.05, 4.69) is 4.72 Å². The van der Waals surface area contributed by atoms with Crippen molar-refractivity contribution in [1.29, 1.82) is 0 Å². The van der Waals surface area contributed by atoms with Crippen molar-refractivity contribution in [2.45, 2.75) is 36.3 Å². The fourth-order valence-electron chi connectivity index (χ4n) is 2.54. The monoisotopic (exact) mass is 314 g/mol. The van der Waals surface area contributed by atoms with Gasteiger partial charge in [-0.05, 0) is 37.5 Å². The summed E-state index contributed by atoms with van der Waals surface area (Å²) in [5, 5.41) is 9.12. The van der Waals surface area contributed by atoms with Crippen LogP contribution < -0.4 is 10.5 Å². The molecule has 1 aromatic carbocycles. The van der Waals surface area contributed by atoms with Crippen LogP contribution in [-0.2, 0) is 14.8 Å². The van der Waals surface area contributed by atoms with Gasteiger partial charge in [0, 0.05) is 18.8 Å². The van der Waals surface area contributed by atoms with E-state index in [-0.39, 0.29) is 28.3 Å². The quantitative estimate of drug-likeness (QED) is 0.692. The van der Waals surface area contributed by atoms with Crippen molar-refractivity contribution in [1.82, 2.24) is 4.72 Å². The van der Waals surface area contributed by atoms with Crippen molar-refractivity contribution in [3.8, 4) is 0 Å². The van der Waals surface area contributed by atoms with Crippen molar-refractivity contribution in [3.63, 3.8) is 0 Å². The van der Waals surface area contributed by atoms with Crippen LogP contribution in [0.15, 0.2) is 23.1 Å². The number of nitrogen functional groups attached to an aromatic ring is 1. The molecular weight excluding hydrogens is 296 g/mol. The number of nitrogens with one attached hydrogen (secondary N) is 1. The molecule has 1 fully saturated rings. The van der Waals surface area contributed by atoms with Gasteiger partial charge in [-0.2, -0.15) is 0 Å². The Bertz CT molecular complexity index is 644. The first-order valence-electron chi connectivity index (χ1n) is 6.53. The second-order valence-electron chi connectivity index (χ2n) is 4.99. The molecule has 1 aromatic rings. The van der Waals surface area contributed by atoms with Gasteiger partial charge in [0.2, 0.25) is 10.0 Å². The number of ether oxygens (including phenoxy) is 1. The molecule has 0 bridgehead atoms. The number of methoxy groups -OCH3 is 1. The van der Waals surface area contributed by atoms with E-state index in [1.54, 1.807) is 0 Å². The Hall–Kier alpha value is -1.64. The van der Waals surface area contributed by atoms with Crippen molar-refractivity contribution in [3.05, 3.63) is 23.8 Å². The third-order valence-electron chi connectivity index (χ3n) is 3.59. The summed E-state index contributed by atoms with van der Waals surface area (Å²) in [6.07, 6.45) is 2.08. The minimum atomic E-state index is -3.98. The predicted molar refractivity (Wildman–Crippen MR) is 76.6 cm³/mol. The van der Waals surface area contributed by atoms with Gasteiger partial charge in [0.15, 0.2) is 0 Å². The Balaban J connectivity index is 2.35. The molecule has 0 aromatic heterocycles. The minimum absolute atomic E-state index is 0.190. The number of benzene rings is 1. The number of carboxylic acids is 1. The van der Waals surface area contributed by atoms with Crippen LogP contribution >= 0.6 is 0 Å². The number of hydrogen-bond acceptors (Lipinski definition) is 5. The van der Waals surface area contributed by atoms with Crippen molar-refractivity contribution in [2.24, 2.45) is 0 Å². The maximum atomic E-state index is 12.4. The lowest BCUT2D eigenvalue weighted by molar-refractivity contribution is 0.0692. The van der Waals surface area contributed by atoms with E-state index in [1.165, 1.54) is 19.2 Å². The number of carbonyl (C=O) groups is 1. The molecule has 7 nitrogen and oxygen atoms in total. The Morgan fingerprint density at radius 1 is 1.43 bits per heavy atom. The molecule has 1 aliphatic carbocycles. The van der Waals surface area contributed by atoms with Gasteiger partial charge in [0.1, 0.15) is 0 Å². The zero-order valence-electron chi connectivity index (χ0n) is 11.6. The van der Waals surface area contributed by atoms with Gasteiger partial charge in [-0.1, -0.05) is 0 Å². The molecule has 4 N–H and O–H groups in total. The smallest absolute Gasteiger partial charge is 0.337 e. The van der Waals surface area contributed by atoms with Crippen molar-refractivity contribution < 1.29 is 23.1 Å². The highest BCUT2D eigenvalue weighted by atomic mass is 32.2. The molecule has 0 spiro atoms. The first-order chi connectivity index (χ1) is 9.85. The molecule has 0 saturated heterocycles. The van der Waals surface area contributed by atoms with E-state index in [0.717, 1.165) is 18.9 Å². The van der Waals surface area contributed by atoms with E-state index in [4.69, 9.17) is 15.6 Å². The lowest BCUT2D eigenvalue weighted by Gasteiger charge is -2.20. The normalized spacial score (nSPS) is 22.3. The summed E-state index contributed by atoms with van der Waals surface area (Å²) in [5.41, 5.74) is 5.46. The van der Waals surface area contributed by atoms with Crippen LogP contribution in [0.2, 0.25) is 0 Å². The van der Waals surface area contributed by atoms with Gasteiger partial charge < -0.3 is 15.6 Å². The summed E-state index contributed by atoms with van der Waals surface area (Å²) < 4.78 is 32.6. The van der Waals surface area contributed by atoms with Crippen molar-refractivity contribution in [2.75, 3.05) is 12.8 Å². The average molecular weight is 314 g/mol. The summed E-state index contributed by atoms with van der Waals surface area (Å²) in [4.78, 5) is 10.9. The Labute approximate surface area is 123 Å². The fourth-order valence-corrected chi connectivity index (χ4v) is 4.07. The molecule has 0 aliphatic heterocycles. The standard InChI is InChI=1S/C13H18N2O5S/c1-20-11-4-2-3-10(11)15-21(18,19)12-7-8(14)5-6-9(12)13(16)17/h5-7,10-11,15H,2-4,14H2,1H3,(H,16,17). The van der Waals surface area contributed by atoms with E-state index in [9.17, 15) is 13.2 Å². The summed E-state index contributed by atoms with van der Waals surface area (Å²) in [6.45, 7) is 0. The number of sulfonamides is 1. The zero-order valence-corrected chi connectivity index (χ0v) is 12.4. The lowest BCUT2D eigenvalue weighted by Crippen LogP contribution is -2.41. The SMILES string of the molecule is COC1CCCC1NS(=O)(=O)c1cc(N)ccc1C(=O)O. The molecule has 116 valence electrons. The van der Waals surface area contributed by atoms with Crippen LogP contribution in [0, 0.1) is 0 Å². The number of carboxylic acid groups (broad SMARTS) is 1. The van der Waals surface area contributed by atoms with Gasteiger partial charge >= 0.3 is 5.97 Å². The Morgan fingerprint density at radius 3 is 2.76 bits per heavy atom. The molecule has 2 rings (SSSR count). The third-order valence-corrected chi connectivity index (χ3v) is 5.12. The summed E-state index contributed by atoms with van der Waals surface area (Å²) >= 11 is 0. The maximum Gasteiger partial charge on any atom is 0.337 e. The van der Waals surface area contributed by atoms with Crippen LogP contribution in [0.4, 0.5) is 5.69 Å². The van der Waals surface area contributed by atoms with E-state index in [1.807, 2.05) is 0 Å². The van der Waals surface area contributed by atoms with Crippen LogP contribution in [0.3, 0.4) is 0 Å². The Morgan fingerprint density at radius 2 is 2.14 bits per heavy atom. The van der Waals surface area contributed by atoms with Crippen molar-refractivity contribution >= 4 is 21.7 Å². The molecule has 0 radical (unpaired) electrons. The topological polar surface area (TPSA) is 119 Å². The van der Waals surface area contributed by atoms with Gasteiger partial charge in [-0.25, -0.2) is 17.9 Å². The second kappa shape index (κ2) is 6.00. The van der Waals surface area contributed by atoms with Gasteiger partial charge in [-0.3, -0.25) is 0 Å². The van der Waals surface area contributed by atoms with E-state index < -0.39 is 16.0 Å². The highest BCUT2D eigenvalue weighted by Gasteiger charge is 2.33. The minimum Gasteiger partial charge on any atom is -0.478 e. The predicted octanol–water partition coefficient (Wildman–Crippen LogP) is 0.813. The van der Waals surface area contributed by atoms with Gasteiger partial charge in [-0.15, -0.1) is 0 Å². The summed E-state index contributed by atoms with van der Waals surface area (Å²) in [6, 6.07) is 3.34. The van der Waals surface area contributed by atoms with Crippen LogP contribution in [-0.4, -0.2) is 38.7 Å². The van der Waals surface area contributed by atoms with Crippen LogP contribution in [0.1, 0.15) is 29.6 Å². The average Bonchev–Trinajstić information content (AvgIpc) is 2.84. The molecule has 0 amide bonds. The largest absolute Gasteiger partial charge is 0.478 e. The zero-order chi connectivity index (χ0) is 15.6. The second-order valence-corrected chi connectivity index (χ2v) is 6.68. The molecule has 21 heavy (non-hydrogen) atoms. The first-order valence-corrected chi connectivity index (χ1v) is 8.01. The summed E-state index contributed by atoms with van der Waals surface area (Å²) in [7, 11) is -2.45. The van der Waals surface area contributed by atoms with E-state index in [0.29, 0.717) is 6.42 Å². The number of aromatic carboxylic acids is 1. The van der Waals surface area contributed by atoms with Crippen LogP contribution in [0.25, 0.3) is 0 Å². The molecule has 1 saturated carbocycles. The lowest BCUT2D eigenvalue weighted by atomic mass is 10.2. The highest BCUT2D eigenvalue weighted by Crippen LogP contribution is 2.25. The number of hydrogen-bond donors (Lipinski definition) is 3. The number of anilines is 1. The third kappa shape index (κ3) is 3.34. The highest BCUT2D eigenvalue weighted by molar-refractivity contribution is 7.89.